The normalized spacial score (nSPS) is 12.7. The quantitative estimate of drug-likeness (QED) is 0.666. The summed E-state index contributed by atoms with van der Waals surface area (Å²) in [7, 11) is 0. The van der Waals surface area contributed by atoms with Crippen molar-refractivity contribution in [3.05, 3.63) is 56.2 Å². The molecule has 2 aromatic rings. The fourth-order valence-corrected chi connectivity index (χ4v) is 3.10. The van der Waals surface area contributed by atoms with E-state index >= 15 is 0 Å². The molecule has 0 saturated carbocycles. The highest BCUT2D eigenvalue weighted by molar-refractivity contribution is 9.11. The first-order valence-corrected chi connectivity index (χ1v) is 6.99. The molecule has 0 radical (unpaired) electrons. The second kappa shape index (κ2) is 5.46. The van der Waals surface area contributed by atoms with E-state index in [1.54, 1.807) is 0 Å². The number of thiophene rings is 1. The van der Waals surface area contributed by atoms with Gasteiger partial charge in [0.15, 0.2) is 0 Å². The lowest BCUT2D eigenvalue weighted by molar-refractivity contribution is 0.553. The van der Waals surface area contributed by atoms with Crippen LogP contribution in [-0.2, 0) is 6.42 Å². The van der Waals surface area contributed by atoms with Crippen molar-refractivity contribution in [2.75, 3.05) is 0 Å². The molecule has 2 rings (SSSR count). The standard InChI is InChI=1S/C12H8BrClF2S/c13-12-4-7(6-17-12)9(14)5-8-10(15)2-1-3-11(8)16/h1-4,6,9H,5H2. The van der Waals surface area contributed by atoms with Gasteiger partial charge in [0.25, 0.3) is 0 Å². The zero-order valence-corrected chi connectivity index (χ0v) is 11.7. The second-order valence-corrected chi connectivity index (χ2v) is 6.37. The monoisotopic (exact) mass is 336 g/mol. The molecular weight excluding hydrogens is 330 g/mol. The number of benzene rings is 1. The number of alkyl halides is 1. The smallest absolute Gasteiger partial charge is 0.129 e. The Morgan fingerprint density at radius 3 is 2.47 bits per heavy atom. The molecule has 1 aromatic carbocycles. The third kappa shape index (κ3) is 3.06. The Balaban J connectivity index is 2.21. The third-order valence-electron chi connectivity index (χ3n) is 2.39. The van der Waals surface area contributed by atoms with E-state index in [0.29, 0.717) is 0 Å². The third-order valence-corrected chi connectivity index (χ3v) is 4.32. The van der Waals surface area contributed by atoms with Gasteiger partial charge in [0.2, 0.25) is 0 Å². The Bertz CT molecular complexity index is 507. The first-order valence-electron chi connectivity index (χ1n) is 4.89. The summed E-state index contributed by atoms with van der Waals surface area (Å²) in [6, 6.07) is 5.69. The van der Waals surface area contributed by atoms with Gasteiger partial charge in [-0.15, -0.1) is 22.9 Å². The minimum Gasteiger partial charge on any atom is -0.207 e. The van der Waals surface area contributed by atoms with Gasteiger partial charge in [-0.05, 0) is 51.5 Å². The summed E-state index contributed by atoms with van der Waals surface area (Å²) in [5, 5.41) is 1.45. The van der Waals surface area contributed by atoms with Gasteiger partial charge in [-0.3, -0.25) is 0 Å². The van der Waals surface area contributed by atoms with Gasteiger partial charge in [-0.1, -0.05) is 6.07 Å². The van der Waals surface area contributed by atoms with Crippen LogP contribution in [0.15, 0.2) is 33.4 Å². The van der Waals surface area contributed by atoms with Gasteiger partial charge in [-0.2, -0.15) is 0 Å². The van der Waals surface area contributed by atoms with E-state index in [1.807, 2.05) is 11.4 Å². The molecule has 1 atom stereocenters. The molecule has 0 aliphatic rings. The predicted molar refractivity (Wildman–Crippen MR) is 70.7 cm³/mol. The van der Waals surface area contributed by atoms with Gasteiger partial charge >= 0.3 is 0 Å². The summed E-state index contributed by atoms with van der Waals surface area (Å²) in [5.41, 5.74) is 0.904. The molecule has 1 heterocycles. The van der Waals surface area contributed by atoms with Gasteiger partial charge in [0.1, 0.15) is 11.6 Å². The topological polar surface area (TPSA) is 0 Å². The average molecular weight is 338 g/mol. The highest BCUT2D eigenvalue weighted by atomic mass is 79.9. The minimum atomic E-state index is -0.551. The van der Waals surface area contributed by atoms with Crippen LogP contribution < -0.4 is 0 Å². The molecular formula is C12H8BrClF2S. The molecule has 0 aliphatic heterocycles. The summed E-state index contributed by atoms with van der Waals surface area (Å²) in [6.45, 7) is 0. The maximum Gasteiger partial charge on any atom is 0.129 e. The fourth-order valence-electron chi connectivity index (χ4n) is 1.51. The minimum absolute atomic E-state index is 0.0369. The summed E-state index contributed by atoms with van der Waals surface area (Å²) < 4.78 is 27.8. The highest BCUT2D eigenvalue weighted by Gasteiger charge is 2.16. The molecule has 90 valence electrons. The van der Waals surface area contributed by atoms with E-state index in [2.05, 4.69) is 15.9 Å². The summed E-state index contributed by atoms with van der Waals surface area (Å²) >= 11 is 11.0. The second-order valence-electron chi connectivity index (χ2n) is 3.56. The van der Waals surface area contributed by atoms with Crippen LogP contribution in [0.3, 0.4) is 0 Å². The van der Waals surface area contributed by atoms with Crippen molar-refractivity contribution >= 4 is 38.9 Å². The van der Waals surface area contributed by atoms with E-state index in [4.69, 9.17) is 11.6 Å². The van der Waals surface area contributed by atoms with Crippen LogP contribution in [0.25, 0.3) is 0 Å². The van der Waals surface area contributed by atoms with Crippen molar-refractivity contribution in [2.24, 2.45) is 0 Å². The van der Waals surface area contributed by atoms with Crippen LogP contribution in [-0.4, -0.2) is 0 Å². The van der Waals surface area contributed by atoms with Crippen molar-refractivity contribution in [2.45, 2.75) is 11.8 Å². The zero-order chi connectivity index (χ0) is 12.4. The lowest BCUT2D eigenvalue weighted by atomic mass is 10.1. The van der Waals surface area contributed by atoms with Crippen molar-refractivity contribution < 1.29 is 8.78 Å². The Morgan fingerprint density at radius 1 is 1.29 bits per heavy atom. The highest BCUT2D eigenvalue weighted by Crippen LogP contribution is 2.32. The molecule has 1 aromatic heterocycles. The van der Waals surface area contributed by atoms with Crippen LogP contribution in [0.5, 0.6) is 0 Å². The van der Waals surface area contributed by atoms with Gasteiger partial charge in [-0.25, -0.2) is 8.78 Å². The summed E-state index contributed by atoms with van der Waals surface area (Å²) in [5.74, 6) is -1.10. The predicted octanol–water partition coefficient (Wildman–Crippen LogP) is 5.31. The molecule has 0 saturated heterocycles. The van der Waals surface area contributed by atoms with E-state index in [9.17, 15) is 8.78 Å². The Hall–Kier alpha value is -0.450. The van der Waals surface area contributed by atoms with Crippen molar-refractivity contribution in [3.63, 3.8) is 0 Å². The van der Waals surface area contributed by atoms with Crippen molar-refractivity contribution in [1.29, 1.82) is 0 Å². The number of halogens is 4. The summed E-state index contributed by atoms with van der Waals surface area (Å²) in [4.78, 5) is 0. The van der Waals surface area contributed by atoms with Crippen LogP contribution in [0.2, 0.25) is 0 Å². The number of hydrogen-bond acceptors (Lipinski definition) is 1. The number of rotatable bonds is 3. The van der Waals surface area contributed by atoms with Crippen LogP contribution in [0, 0.1) is 11.6 Å². The molecule has 0 bridgehead atoms. The molecule has 17 heavy (non-hydrogen) atoms. The summed E-state index contributed by atoms with van der Waals surface area (Å²) in [6.07, 6.45) is 0.142. The Labute approximate surface area is 115 Å². The first kappa shape index (κ1) is 13.0. The molecule has 0 amide bonds. The molecule has 0 N–H and O–H groups in total. The lowest BCUT2D eigenvalue weighted by Gasteiger charge is -2.09. The van der Waals surface area contributed by atoms with E-state index in [1.165, 1.54) is 29.5 Å². The average Bonchev–Trinajstić information content (AvgIpc) is 2.70. The SMILES string of the molecule is Fc1cccc(F)c1CC(Cl)c1csc(Br)c1. The fraction of sp³-hybridized carbons (Fsp3) is 0.167. The van der Waals surface area contributed by atoms with Gasteiger partial charge in [0, 0.05) is 5.56 Å². The molecule has 0 aliphatic carbocycles. The molecule has 0 spiro atoms. The maximum atomic E-state index is 13.4. The van der Waals surface area contributed by atoms with Gasteiger partial charge in [0.05, 0.1) is 9.16 Å². The van der Waals surface area contributed by atoms with Crippen LogP contribution in [0.4, 0.5) is 8.78 Å². The maximum absolute atomic E-state index is 13.4. The Kier molecular flexibility index (Phi) is 4.17. The molecule has 5 heteroatoms. The van der Waals surface area contributed by atoms with E-state index in [-0.39, 0.29) is 12.0 Å². The zero-order valence-electron chi connectivity index (χ0n) is 8.59. The van der Waals surface area contributed by atoms with Crippen molar-refractivity contribution in [3.8, 4) is 0 Å². The number of hydrogen-bond donors (Lipinski definition) is 0. The largest absolute Gasteiger partial charge is 0.207 e. The lowest BCUT2D eigenvalue weighted by Crippen LogP contribution is -2.00. The molecule has 0 fully saturated rings. The van der Waals surface area contributed by atoms with E-state index in [0.717, 1.165) is 9.35 Å². The first-order chi connectivity index (χ1) is 8.08. The van der Waals surface area contributed by atoms with Crippen LogP contribution >= 0.6 is 38.9 Å². The van der Waals surface area contributed by atoms with Gasteiger partial charge < -0.3 is 0 Å². The molecule has 1 unspecified atom stereocenters. The van der Waals surface area contributed by atoms with Crippen LogP contribution in [0.1, 0.15) is 16.5 Å². The Morgan fingerprint density at radius 2 is 1.94 bits per heavy atom. The van der Waals surface area contributed by atoms with E-state index < -0.39 is 17.0 Å². The molecule has 0 nitrogen and oxygen atoms in total. The van der Waals surface area contributed by atoms with Crippen molar-refractivity contribution in [1.82, 2.24) is 0 Å².